The van der Waals surface area contributed by atoms with Crippen LogP contribution in [0.4, 0.5) is 0 Å². The maximum atomic E-state index is 6.34. The minimum atomic E-state index is 0.736. The fraction of sp³-hybridized carbons (Fsp3) is 0.583. The Labute approximate surface area is 192 Å². The molecule has 6 heteroatoms. The number of hydrogen-bond acceptors (Lipinski definition) is 4. The van der Waals surface area contributed by atoms with Crippen LogP contribution in [0.15, 0.2) is 39.5 Å². The van der Waals surface area contributed by atoms with Gasteiger partial charge >= 0.3 is 0 Å². The van der Waals surface area contributed by atoms with E-state index in [-0.39, 0.29) is 0 Å². The average molecular weight is 451 g/mol. The Balaban J connectivity index is 1.75. The van der Waals surface area contributed by atoms with Gasteiger partial charge in [0.05, 0.1) is 0 Å². The summed E-state index contributed by atoms with van der Waals surface area (Å²) < 4.78 is 0. The molecule has 0 amide bonds. The highest BCUT2D eigenvalue weighted by atomic mass is 35.5. The molecule has 0 bridgehead atoms. The van der Waals surface area contributed by atoms with Gasteiger partial charge in [0.15, 0.2) is 0 Å². The molecule has 166 valence electrons. The molecule has 0 fully saturated rings. The van der Waals surface area contributed by atoms with Crippen LogP contribution in [-0.2, 0) is 6.54 Å². The van der Waals surface area contributed by atoms with E-state index in [0.29, 0.717) is 0 Å². The van der Waals surface area contributed by atoms with E-state index in [1.54, 1.807) is 0 Å². The van der Waals surface area contributed by atoms with Crippen LogP contribution in [0.3, 0.4) is 0 Å². The van der Waals surface area contributed by atoms with Crippen LogP contribution in [0, 0.1) is 0 Å². The number of rotatable bonds is 13. The smallest absolute Gasteiger partial charge is 0.0452 e. The summed E-state index contributed by atoms with van der Waals surface area (Å²) >= 11 is 12.5. The van der Waals surface area contributed by atoms with E-state index in [1.807, 2.05) is 25.2 Å². The van der Waals surface area contributed by atoms with Crippen molar-refractivity contribution in [1.82, 2.24) is 10.2 Å². The standard InChI is InChI=1S/C24H36Cl2N4/c1-4-15-30(18-19-17-20(25)11-12-22(19)26)16-14-29-13-7-10-24(28-3)21-8-5-6-9-23(21)27-2/h11-12,17,29H,2,4-10,13-16,18H2,1,3H3. The Morgan fingerprint density at radius 1 is 1.17 bits per heavy atom. The molecular weight excluding hydrogens is 415 g/mol. The fourth-order valence-corrected chi connectivity index (χ4v) is 4.38. The molecule has 0 heterocycles. The summed E-state index contributed by atoms with van der Waals surface area (Å²) in [4.78, 5) is 11.2. The van der Waals surface area contributed by atoms with E-state index in [9.17, 15) is 0 Å². The van der Waals surface area contributed by atoms with Gasteiger partial charge < -0.3 is 5.32 Å². The number of nitrogens with zero attached hydrogens (tertiary/aromatic N) is 3. The molecule has 0 saturated carbocycles. The first-order valence-electron chi connectivity index (χ1n) is 11.1. The molecule has 0 spiro atoms. The molecule has 1 aliphatic rings. The third kappa shape index (κ3) is 8.14. The summed E-state index contributed by atoms with van der Waals surface area (Å²) in [5.41, 5.74) is 4.80. The van der Waals surface area contributed by atoms with Crippen molar-refractivity contribution in [1.29, 1.82) is 0 Å². The zero-order valence-electron chi connectivity index (χ0n) is 18.5. The average Bonchev–Trinajstić information content (AvgIpc) is 2.76. The molecule has 0 aliphatic heterocycles. The molecule has 1 aliphatic carbocycles. The van der Waals surface area contributed by atoms with E-state index in [0.717, 1.165) is 86.1 Å². The second-order valence-electron chi connectivity index (χ2n) is 7.83. The first-order chi connectivity index (χ1) is 14.6. The van der Waals surface area contributed by atoms with Gasteiger partial charge in [-0.15, -0.1) is 0 Å². The summed E-state index contributed by atoms with van der Waals surface area (Å²) in [6, 6.07) is 5.69. The highest BCUT2D eigenvalue weighted by molar-refractivity contribution is 6.33. The van der Waals surface area contributed by atoms with Gasteiger partial charge in [0, 0.05) is 48.1 Å². The first kappa shape index (κ1) is 25.1. The summed E-state index contributed by atoms with van der Waals surface area (Å²) in [5, 5.41) is 5.11. The Kier molecular flexibility index (Phi) is 11.7. The van der Waals surface area contributed by atoms with E-state index in [4.69, 9.17) is 23.2 Å². The van der Waals surface area contributed by atoms with Gasteiger partial charge in [0.25, 0.3) is 0 Å². The normalized spacial score (nSPS) is 15.2. The van der Waals surface area contributed by atoms with E-state index >= 15 is 0 Å². The van der Waals surface area contributed by atoms with Crippen molar-refractivity contribution in [3.05, 3.63) is 45.1 Å². The molecule has 0 unspecified atom stereocenters. The largest absolute Gasteiger partial charge is 0.315 e. The second kappa shape index (κ2) is 14.0. The van der Waals surface area contributed by atoms with Crippen molar-refractivity contribution in [2.75, 3.05) is 33.2 Å². The van der Waals surface area contributed by atoms with E-state index in [1.165, 1.54) is 24.1 Å². The SMILES string of the molecule is C=NC1=C(C(CCCNCCN(CCC)Cc2cc(Cl)ccc2Cl)=NC)CCCC1. The molecule has 4 nitrogen and oxygen atoms in total. The van der Waals surface area contributed by atoms with Crippen LogP contribution >= 0.6 is 23.2 Å². The van der Waals surface area contributed by atoms with Crippen molar-refractivity contribution >= 4 is 35.6 Å². The number of aliphatic imine (C=N–C) groups is 2. The van der Waals surface area contributed by atoms with Gasteiger partial charge in [-0.2, -0.15) is 0 Å². The van der Waals surface area contributed by atoms with Gasteiger partial charge in [-0.1, -0.05) is 30.1 Å². The number of hydrogen-bond donors (Lipinski definition) is 1. The number of halogens is 2. The molecular formula is C24H36Cl2N4. The Hall–Kier alpha value is -1.20. The third-order valence-corrected chi connectivity index (χ3v) is 6.17. The Morgan fingerprint density at radius 2 is 1.97 bits per heavy atom. The first-order valence-corrected chi connectivity index (χ1v) is 11.9. The highest BCUT2D eigenvalue weighted by Gasteiger charge is 2.16. The Bertz CT molecular complexity index is 743. The lowest BCUT2D eigenvalue weighted by molar-refractivity contribution is 0.265. The summed E-state index contributed by atoms with van der Waals surface area (Å²) in [6.07, 6.45) is 7.76. The predicted octanol–water partition coefficient (Wildman–Crippen LogP) is 6.17. The molecule has 30 heavy (non-hydrogen) atoms. The molecule has 1 aromatic carbocycles. The lowest BCUT2D eigenvalue weighted by Gasteiger charge is -2.23. The minimum absolute atomic E-state index is 0.736. The van der Waals surface area contributed by atoms with Crippen molar-refractivity contribution < 1.29 is 0 Å². The molecule has 0 atom stereocenters. The van der Waals surface area contributed by atoms with Crippen LogP contribution in [0.1, 0.15) is 57.4 Å². The van der Waals surface area contributed by atoms with Gasteiger partial charge in [0.2, 0.25) is 0 Å². The summed E-state index contributed by atoms with van der Waals surface area (Å²) in [6.45, 7) is 10.8. The maximum Gasteiger partial charge on any atom is 0.0452 e. The third-order valence-electron chi connectivity index (χ3n) is 5.56. The monoisotopic (exact) mass is 450 g/mol. The maximum absolute atomic E-state index is 6.34. The number of allylic oxidation sites excluding steroid dienone is 2. The van der Waals surface area contributed by atoms with Crippen LogP contribution in [0.25, 0.3) is 0 Å². The van der Waals surface area contributed by atoms with Crippen LogP contribution < -0.4 is 5.32 Å². The van der Waals surface area contributed by atoms with Crippen molar-refractivity contribution in [2.24, 2.45) is 9.98 Å². The second-order valence-corrected chi connectivity index (χ2v) is 8.67. The molecule has 0 saturated heterocycles. The van der Waals surface area contributed by atoms with Gasteiger partial charge in [0.1, 0.15) is 0 Å². The number of benzene rings is 1. The summed E-state index contributed by atoms with van der Waals surface area (Å²) in [7, 11) is 1.90. The molecule has 0 radical (unpaired) electrons. The molecule has 1 aromatic rings. The molecule has 2 rings (SSSR count). The Morgan fingerprint density at radius 3 is 2.70 bits per heavy atom. The predicted molar refractivity (Wildman–Crippen MR) is 133 cm³/mol. The molecule has 1 N–H and O–H groups in total. The zero-order chi connectivity index (χ0) is 21.8. The lowest BCUT2D eigenvalue weighted by Crippen LogP contribution is -2.33. The van der Waals surface area contributed by atoms with Crippen molar-refractivity contribution in [3.8, 4) is 0 Å². The highest BCUT2D eigenvalue weighted by Crippen LogP contribution is 2.27. The van der Waals surface area contributed by atoms with Gasteiger partial charge in [-0.3, -0.25) is 14.9 Å². The van der Waals surface area contributed by atoms with Crippen molar-refractivity contribution in [3.63, 3.8) is 0 Å². The molecule has 0 aromatic heterocycles. The van der Waals surface area contributed by atoms with Crippen molar-refractivity contribution in [2.45, 2.75) is 58.4 Å². The van der Waals surface area contributed by atoms with Crippen LogP contribution in [0.2, 0.25) is 10.0 Å². The van der Waals surface area contributed by atoms with Crippen LogP contribution in [0.5, 0.6) is 0 Å². The minimum Gasteiger partial charge on any atom is -0.315 e. The zero-order valence-corrected chi connectivity index (χ0v) is 20.0. The summed E-state index contributed by atoms with van der Waals surface area (Å²) in [5.74, 6) is 0. The quantitative estimate of drug-likeness (QED) is 0.288. The van der Waals surface area contributed by atoms with Crippen LogP contribution in [-0.4, -0.2) is 50.6 Å². The van der Waals surface area contributed by atoms with Gasteiger partial charge in [-0.25, -0.2) is 0 Å². The lowest BCUT2D eigenvalue weighted by atomic mass is 9.91. The number of nitrogens with one attached hydrogen (secondary N) is 1. The topological polar surface area (TPSA) is 40.0 Å². The fourth-order valence-electron chi connectivity index (χ4n) is 4.01. The van der Waals surface area contributed by atoms with E-state index in [2.05, 4.69) is 33.8 Å². The van der Waals surface area contributed by atoms with Gasteiger partial charge in [-0.05, 0) is 94.1 Å². The van der Waals surface area contributed by atoms with E-state index < -0.39 is 0 Å².